The van der Waals surface area contributed by atoms with Gasteiger partial charge in [0.15, 0.2) is 0 Å². The molecule has 0 aromatic rings. The highest BCUT2D eigenvalue weighted by Crippen LogP contribution is 2.38. The van der Waals surface area contributed by atoms with Gasteiger partial charge in [0.2, 0.25) is 0 Å². The minimum Gasteiger partial charge on any atom is -0.444 e. The quantitative estimate of drug-likeness (QED) is 0.793. The Bertz CT molecular complexity index is 398. The molecule has 3 fully saturated rings. The molecule has 2 atom stereocenters. The second-order valence-electron chi connectivity index (χ2n) is 8.91. The van der Waals surface area contributed by atoms with Crippen molar-refractivity contribution < 1.29 is 9.53 Å². The fourth-order valence-electron chi connectivity index (χ4n) is 4.61. The molecule has 0 N–H and O–H groups in total. The summed E-state index contributed by atoms with van der Waals surface area (Å²) in [5.41, 5.74) is -0.387. The van der Waals surface area contributed by atoms with Gasteiger partial charge in [-0.3, -0.25) is 0 Å². The molecule has 3 rings (SSSR count). The average molecular weight is 322 g/mol. The second-order valence-corrected chi connectivity index (χ2v) is 8.91. The summed E-state index contributed by atoms with van der Waals surface area (Å²) >= 11 is 0. The zero-order chi connectivity index (χ0) is 16.4. The summed E-state index contributed by atoms with van der Waals surface area (Å²) in [7, 11) is 0. The predicted octanol–water partition coefficient (Wildman–Crippen LogP) is 3.76. The number of fused-ring (bicyclic) bond motifs is 1. The van der Waals surface area contributed by atoms with Crippen molar-refractivity contribution in [2.75, 3.05) is 32.7 Å². The molecule has 1 amide bonds. The molecule has 23 heavy (non-hydrogen) atoms. The van der Waals surface area contributed by atoms with E-state index in [1.165, 1.54) is 45.3 Å². The third-order valence-electron chi connectivity index (χ3n) is 5.92. The van der Waals surface area contributed by atoms with Crippen molar-refractivity contribution in [2.24, 2.45) is 17.8 Å². The zero-order valence-electron chi connectivity index (χ0n) is 15.2. The average Bonchev–Trinajstić information content (AvgIpc) is 3.04. The lowest BCUT2D eigenvalue weighted by Gasteiger charge is -2.34. The second kappa shape index (κ2) is 7.00. The van der Waals surface area contributed by atoms with Crippen LogP contribution in [-0.2, 0) is 4.74 Å². The summed E-state index contributed by atoms with van der Waals surface area (Å²) in [4.78, 5) is 16.7. The highest BCUT2D eigenvalue weighted by molar-refractivity contribution is 5.68. The predicted molar refractivity (Wildman–Crippen MR) is 92.4 cm³/mol. The number of carbonyl (C=O) groups is 1. The SMILES string of the molecule is CC(C)(C)OC(=O)N1CCC(CCN2C[C@H]3CCC[C@@H]3C2)CC1. The van der Waals surface area contributed by atoms with Gasteiger partial charge in [0.1, 0.15) is 5.60 Å². The van der Waals surface area contributed by atoms with E-state index in [2.05, 4.69) is 4.90 Å². The monoisotopic (exact) mass is 322 g/mol. The van der Waals surface area contributed by atoms with Gasteiger partial charge in [0.25, 0.3) is 0 Å². The lowest BCUT2D eigenvalue weighted by atomic mass is 9.93. The van der Waals surface area contributed by atoms with Gasteiger partial charge in [-0.1, -0.05) is 6.42 Å². The molecule has 3 aliphatic rings. The maximum Gasteiger partial charge on any atom is 0.410 e. The number of hydrogen-bond acceptors (Lipinski definition) is 3. The summed E-state index contributed by atoms with van der Waals surface area (Å²) in [6, 6.07) is 0. The Balaban J connectivity index is 1.34. The third kappa shape index (κ3) is 4.62. The van der Waals surface area contributed by atoms with Crippen molar-refractivity contribution in [3.63, 3.8) is 0 Å². The number of amides is 1. The number of ether oxygens (including phenoxy) is 1. The van der Waals surface area contributed by atoms with E-state index in [4.69, 9.17) is 4.74 Å². The summed E-state index contributed by atoms with van der Waals surface area (Å²) < 4.78 is 5.47. The fraction of sp³-hybridized carbons (Fsp3) is 0.947. The molecule has 1 saturated carbocycles. The number of piperidine rings is 1. The lowest BCUT2D eigenvalue weighted by Crippen LogP contribution is -2.42. The Labute approximate surface area is 141 Å². The molecule has 0 unspecified atom stereocenters. The van der Waals surface area contributed by atoms with E-state index >= 15 is 0 Å². The molecule has 0 aromatic heterocycles. The minimum absolute atomic E-state index is 0.136. The number of likely N-dealkylation sites (tertiary alicyclic amines) is 2. The van der Waals surface area contributed by atoms with E-state index in [0.29, 0.717) is 0 Å². The largest absolute Gasteiger partial charge is 0.444 e. The Morgan fingerprint density at radius 3 is 2.22 bits per heavy atom. The maximum absolute atomic E-state index is 12.1. The molecule has 1 aliphatic carbocycles. The van der Waals surface area contributed by atoms with Gasteiger partial charge < -0.3 is 14.5 Å². The molecule has 132 valence electrons. The molecular weight excluding hydrogens is 288 g/mol. The summed E-state index contributed by atoms with van der Waals surface area (Å²) in [6.07, 6.45) is 7.85. The van der Waals surface area contributed by atoms with Crippen molar-refractivity contribution in [2.45, 2.75) is 64.9 Å². The Morgan fingerprint density at radius 2 is 1.65 bits per heavy atom. The Hall–Kier alpha value is -0.770. The fourth-order valence-corrected chi connectivity index (χ4v) is 4.61. The number of carbonyl (C=O) groups excluding carboxylic acids is 1. The van der Waals surface area contributed by atoms with Crippen LogP contribution in [0.2, 0.25) is 0 Å². The summed E-state index contributed by atoms with van der Waals surface area (Å²) in [5.74, 6) is 2.79. The Kier molecular flexibility index (Phi) is 5.19. The summed E-state index contributed by atoms with van der Waals surface area (Å²) in [6.45, 7) is 11.5. The van der Waals surface area contributed by atoms with Gasteiger partial charge in [-0.05, 0) is 77.2 Å². The normalized spacial score (nSPS) is 29.8. The van der Waals surface area contributed by atoms with Gasteiger partial charge in [-0.25, -0.2) is 4.79 Å². The van der Waals surface area contributed by atoms with Crippen LogP contribution in [0.4, 0.5) is 4.79 Å². The van der Waals surface area contributed by atoms with Crippen LogP contribution in [-0.4, -0.2) is 54.2 Å². The maximum atomic E-state index is 12.1. The molecule has 2 aliphatic heterocycles. The van der Waals surface area contributed by atoms with E-state index in [9.17, 15) is 4.79 Å². The molecule has 2 saturated heterocycles. The van der Waals surface area contributed by atoms with Crippen molar-refractivity contribution in [3.05, 3.63) is 0 Å². The van der Waals surface area contributed by atoms with Gasteiger partial charge in [-0.15, -0.1) is 0 Å². The van der Waals surface area contributed by atoms with Gasteiger partial charge in [-0.2, -0.15) is 0 Å². The number of hydrogen-bond donors (Lipinski definition) is 0. The molecule has 0 bridgehead atoms. The van der Waals surface area contributed by atoms with Crippen molar-refractivity contribution in [1.82, 2.24) is 9.80 Å². The van der Waals surface area contributed by atoms with Crippen LogP contribution < -0.4 is 0 Å². The van der Waals surface area contributed by atoms with Crippen LogP contribution in [0.25, 0.3) is 0 Å². The first kappa shape index (κ1) is 17.1. The van der Waals surface area contributed by atoms with E-state index < -0.39 is 0 Å². The molecule has 2 heterocycles. The number of rotatable bonds is 3. The highest BCUT2D eigenvalue weighted by Gasteiger charge is 2.36. The van der Waals surface area contributed by atoms with E-state index in [1.807, 2.05) is 25.7 Å². The molecule has 0 aromatic carbocycles. The molecule has 0 radical (unpaired) electrons. The minimum atomic E-state index is -0.387. The lowest BCUT2D eigenvalue weighted by molar-refractivity contribution is 0.0178. The first-order chi connectivity index (χ1) is 10.9. The highest BCUT2D eigenvalue weighted by atomic mass is 16.6. The first-order valence-electron chi connectivity index (χ1n) is 9.61. The Morgan fingerprint density at radius 1 is 1.04 bits per heavy atom. The van der Waals surface area contributed by atoms with E-state index in [-0.39, 0.29) is 11.7 Å². The molecule has 4 heteroatoms. The van der Waals surface area contributed by atoms with Crippen LogP contribution in [0.15, 0.2) is 0 Å². The smallest absolute Gasteiger partial charge is 0.410 e. The molecular formula is C19H34N2O2. The molecule has 4 nitrogen and oxygen atoms in total. The van der Waals surface area contributed by atoms with Crippen LogP contribution in [0.3, 0.4) is 0 Å². The third-order valence-corrected chi connectivity index (χ3v) is 5.92. The van der Waals surface area contributed by atoms with Crippen LogP contribution in [0.1, 0.15) is 59.3 Å². The van der Waals surface area contributed by atoms with Gasteiger partial charge in [0, 0.05) is 26.2 Å². The topological polar surface area (TPSA) is 32.8 Å². The van der Waals surface area contributed by atoms with E-state index in [0.717, 1.165) is 43.7 Å². The first-order valence-corrected chi connectivity index (χ1v) is 9.61. The van der Waals surface area contributed by atoms with Gasteiger partial charge >= 0.3 is 6.09 Å². The van der Waals surface area contributed by atoms with Crippen LogP contribution >= 0.6 is 0 Å². The summed E-state index contributed by atoms with van der Waals surface area (Å²) in [5, 5.41) is 0. The van der Waals surface area contributed by atoms with Crippen LogP contribution in [0.5, 0.6) is 0 Å². The van der Waals surface area contributed by atoms with Crippen molar-refractivity contribution in [1.29, 1.82) is 0 Å². The van der Waals surface area contributed by atoms with Crippen LogP contribution in [0, 0.1) is 17.8 Å². The number of nitrogens with zero attached hydrogens (tertiary/aromatic N) is 2. The zero-order valence-corrected chi connectivity index (χ0v) is 15.2. The van der Waals surface area contributed by atoms with Crippen molar-refractivity contribution >= 4 is 6.09 Å². The standard InChI is InChI=1S/C19H34N2O2/c1-19(2,3)23-18(22)21-11-8-15(9-12-21)7-10-20-13-16-5-4-6-17(16)14-20/h15-17H,4-14H2,1-3H3/t16-,17-/m1/s1. The molecule has 0 spiro atoms. The van der Waals surface area contributed by atoms with Crippen molar-refractivity contribution in [3.8, 4) is 0 Å². The van der Waals surface area contributed by atoms with Gasteiger partial charge in [0.05, 0.1) is 0 Å². The van der Waals surface area contributed by atoms with E-state index in [1.54, 1.807) is 0 Å².